The van der Waals surface area contributed by atoms with Crippen LogP contribution in [0.2, 0.25) is 0 Å². The fourth-order valence-corrected chi connectivity index (χ4v) is 2.06. The summed E-state index contributed by atoms with van der Waals surface area (Å²) >= 11 is 0. The highest BCUT2D eigenvalue weighted by atomic mass is 16.4. The predicted molar refractivity (Wildman–Crippen MR) is 71.6 cm³/mol. The zero-order valence-electron chi connectivity index (χ0n) is 10.9. The highest BCUT2D eigenvalue weighted by molar-refractivity contribution is 5.81. The van der Waals surface area contributed by atoms with Crippen molar-refractivity contribution in [3.05, 3.63) is 36.2 Å². The first-order chi connectivity index (χ1) is 9.31. The summed E-state index contributed by atoms with van der Waals surface area (Å²) in [5.74, 6) is 1.60. The van der Waals surface area contributed by atoms with Gasteiger partial charge in [-0.25, -0.2) is 0 Å². The molecule has 0 saturated heterocycles. The van der Waals surface area contributed by atoms with Gasteiger partial charge in [0.2, 0.25) is 5.89 Å². The molecule has 0 saturated carbocycles. The quantitative estimate of drug-likeness (QED) is 0.777. The maximum Gasteiger partial charge on any atom is 0.283 e. The van der Waals surface area contributed by atoms with Crippen LogP contribution in [0.15, 0.2) is 39.2 Å². The van der Waals surface area contributed by atoms with E-state index in [1.165, 1.54) is 0 Å². The van der Waals surface area contributed by atoms with Crippen LogP contribution in [0, 0.1) is 0 Å². The molecule has 1 unspecified atom stereocenters. The van der Waals surface area contributed by atoms with Crippen molar-refractivity contribution >= 4 is 11.0 Å². The lowest BCUT2D eigenvalue weighted by Crippen LogP contribution is -2.15. The first kappa shape index (κ1) is 11.9. The van der Waals surface area contributed by atoms with Crippen LogP contribution >= 0.6 is 0 Å². The van der Waals surface area contributed by atoms with Crippen LogP contribution < -0.4 is 5.32 Å². The normalized spacial score (nSPS) is 12.9. The molecule has 5 nitrogen and oxygen atoms in total. The Labute approximate surface area is 110 Å². The van der Waals surface area contributed by atoms with Gasteiger partial charge in [0, 0.05) is 5.39 Å². The minimum Gasteiger partial charge on any atom is -0.451 e. The lowest BCUT2D eigenvalue weighted by atomic mass is 10.2. The van der Waals surface area contributed by atoms with E-state index in [2.05, 4.69) is 22.4 Å². The number of para-hydroxylation sites is 1. The minimum absolute atomic E-state index is 0.0747. The van der Waals surface area contributed by atoms with E-state index in [4.69, 9.17) is 8.83 Å². The van der Waals surface area contributed by atoms with Crippen LogP contribution in [0.25, 0.3) is 22.6 Å². The molecule has 2 heterocycles. The number of fused-ring (bicyclic) bond motifs is 1. The van der Waals surface area contributed by atoms with E-state index >= 15 is 0 Å². The number of aromatic nitrogens is 2. The van der Waals surface area contributed by atoms with Crippen LogP contribution in [0.5, 0.6) is 0 Å². The molecule has 0 aliphatic carbocycles. The largest absolute Gasteiger partial charge is 0.451 e. The van der Waals surface area contributed by atoms with Crippen LogP contribution in [-0.2, 0) is 0 Å². The second-order valence-corrected chi connectivity index (χ2v) is 4.34. The molecular formula is C14H15N3O2. The molecule has 1 aromatic carbocycles. The van der Waals surface area contributed by atoms with Crippen molar-refractivity contribution in [1.29, 1.82) is 0 Å². The number of benzene rings is 1. The van der Waals surface area contributed by atoms with Gasteiger partial charge >= 0.3 is 0 Å². The van der Waals surface area contributed by atoms with E-state index in [9.17, 15) is 0 Å². The zero-order valence-corrected chi connectivity index (χ0v) is 10.9. The molecule has 0 amide bonds. The maximum absolute atomic E-state index is 5.70. The number of hydrogen-bond acceptors (Lipinski definition) is 5. The van der Waals surface area contributed by atoms with Gasteiger partial charge in [-0.15, -0.1) is 10.2 Å². The maximum atomic E-state index is 5.70. The van der Waals surface area contributed by atoms with Gasteiger partial charge in [0.05, 0.1) is 6.04 Å². The van der Waals surface area contributed by atoms with Crippen molar-refractivity contribution < 1.29 is 8.83 Å². The second-order valence-electron chi connectivity index (χ2n) is 4.34. The minimum atomic E-state index is 0.0747. The van der Waals surface area contributed by atoms with Gasteiger partial charge in [-0.05, 0) is 25.6 Å². The van der Waals surface area contributed by atoms with Crippen molar-refractivity contribution in [2.45, 2.75) is 19.4 Å². The van der Waals surface area contributed by atoms with Crippen molar-refractivity contribution in [1.82, 2.24) is 15.5 Å². The Hall–Kier alpha value is -2.14. The molecule has 19 heavy (non-hydrogen) atoms. The SMILES string of the molecule is CCC(NC)c1nnc(-c2cc3ccccc3o2)o1. The van der Waals surface area contributed by atoms with Crippen molar-refractivity contribution in [2.75, 3.05) is 7.05 Å². The number of furan rings is 1. The molecule has 2 aromatic heterocycles. The summed E-state index contributed by atoms with van der Waals surface area (Å²) in [5, 5.41) is 12.3. The summed E-state index contributed by atoms with van der Waals surface area (Å²) in [6, 6.07) is 9.79. The van der Waals surface area contributed by atoms with Gasteiger partial charge < -0.3 is 14.2 Å². The highest BCUT2D eigenvalue weighted by Gasteiger charge is 2.18. The van der Waals surface area contributed by atoms with Gasteiger partial charge in [0.25, 0.3) is 5.89 Å². The molecular weight excluding hydrogens is 242 g/mol. The van der Waals surface area contributed by atoms with Gasteiger partial charge in [-0.3, -0.25) is 0 Å². The van der Waals surface area contributed by atoms with Crippen molar-refractivity contribution in [3.63, 3.8) is 0 Å². The van der Waals surface area contributed by atoms with Crippen molar-refractivity contribution in [2.24, 2.45) is 0 Å². The molecule has 0 radical (unpaired) electrons. The monoisotopic (exact) mass is 257 g/mol. The summed E-state index contributed by atoms with van der Waals surface area (Å²) in [6.07, 6.45) is 0.887. The van der Waals surface area contributed by atoms with Gasteiger partial charge in [-0.2, -0.15) is 0 Å². The van der Waals surface area contributed by atoms with Crippen LogP contribution in [0.3, 0.4) is 0 Å². The van der Waals surface area contributed by atoms with Crippen molar-refractivity contribution in [3.8, 4) is 11.7 Å². The fraction of sp³-hybridized carbons (Fsp3) is 0.286. The van der Waals surface area contributed by atoms with Crippen LogP contribution in [0.4, 0.5) is 0 Å². The molecule has 1 N–H and O–H groups in total. The predicted octanol–water partition coefficient (Wildman–Crippen LogP) is 3.15. The molecule has 1 atom stereocenters. The van der Waals surface area contributed by atoms with E-state index in [0.717, 1.165) is 17.4 Å². The Bertz CT molecular complexity index is 650. The van der Waals surface area contributed by atoms with Crippen LogP contribution in [-0.4, -0.2) is 17.2 Å². The molecule has 0 bridgehead atoms. The summed E-state index contributed by atoms with van der Waals surface area (Å²) in [5.41, 5.74) is 0.818. The average Bonchev–Trinajstić information content (AvgIpc) is 3.06. The topological polar surface area (TPSA) is 64.1 Å². The second kappa shape index (κ2) is 4.85. The molecule has 98 valence electrons. The molecule has 0 aliphatic rings. The van der Waals surface area contributed by atoms with E-state index in [1.54, 1.807) is 0 Å². The Kier molecular flexibility index (Phi) is 3.05. The summed E-state index contributed by atoms with van der Waals surface area (Å²) in [7, 11) is 1.87. The molecule has 3 rings (SSSR count). The lowest BCUT2D eigenvalue weighted by Gasteiger charge is -2.06. The first-order valence-electron chi connectivity index (χ1n) is 6.31. The summed E-state index contributed by atoms with van der Waals surface area (Å²) in [4.78, 5) is 0. The van der Waals surface area contributed by atoms with Gasteiger partial charge in [0.1, 0.15) is 5.58 Å². The Morgan fingerprint density at radius 3 is 2.79 bits per heavy atom. The number of hydrogen-bond donors (Lipinski definition) is 1. The standard InChI is InChI=1S/C14H15N3O2/c1-3-10(15-2)13-16-17-14(19-13)12-8-9-6-4-5-7-11(9)18-12/h4-8,10,15H,3H2,1-2H3. The third-order valence-electron chi connectivity index (χ3n) is 3.13. The summed E-state index contributed by atoms with van der Waals surface area (Å²) in [6.45, 7) is 2.06. The van der Waals surface area contributed by atoms with E-state index in [-0.39, 0.29) is 6.04 Å². The number of nitrogens with one attached hydrogen (secondary N) is 1. The molecule has 3 aromatic rings. The zero-order chi connectivity index (χ0) is 13.2. The third kappa shape index (κ3) is 2.13. The Balaban J connectivity index is 1.97. The highest BCUT2D eigenvalue weighted by Crippen LogP contribution is 2.28. The molecule has 5 heteroatoms. The number of nitrogens with zero attached hydrogens (tertiary/aromatic N) is 2. The van der Waals surface area contributed by atoms with E-state index in [0.29, 0.717) is 17.5 Å². The Morgan fingerprint density at radius 1 is 1.21 bits per heavy atom. The Morgan fingerprint density at radius 2 is 2.05 bits per heavy atom. The smallest absolute Gasteiger partial charge is 0.283 e. The summed E-state index contributed by atoms with van der Waals surface area (Å²) < 4.78 is 11.4. The van der Waals surface area contributed by atoms with E-state index in [1.807, 2.05) is 37.4 Å². The number of rotatable bonds is 4. The third-order valence-corrected chi connectivity index (χ3v) is 3.13. The molecule has 0 aliphatic heterocycles. The average molecular weight is 257 g/mol. The van der Waals surface area contributed by atoms with Crippen LogP contribution in [0.1, 0.15) is 25.3 Å². The first-order valence-corrected chi connectivity index (χ1v) is 6.31. The van der Waals surface area contributed by atoms with E-state index < -0.39 is 0 Å². The lowest BCUT2D eigenvalue weighted by molar-refractivity contribution is 0.409. The van der Waals surface area contributed by atoms with Gasteiger partial charge in [-0.1, -0.05) is 25.1 Å². The van der Waals surface area contributed by atoms with Gasteiger partial charge in [0.15, 0.2) is 5.76 Å². The fourth-order valence-electron chi connectivity index (χ4n) is 2.06. The molecule has 0 spiro atoms. The molecule has 0 fully saturated rings.